The second-order valence-corrected chi connectivity index (χ2v) is 8.15. The van der Waals surface area contributed by atoms with Gasteiger partial charge in [0.25, 0.3) is 0 Å². The number of unbranched alkanes of at least 4 members (excludes halogenated alkanes) is 14. The Kier molecular flexibility index (Phi) is 20.4. The van der Waals surface area contributed by atoms with Gasteiger partial charge in [0, 0.05) is 16.5 Å². The highest BCUT2D eigenvalue weighted by molar-refractivity contribution is 8.78. The molecule has 3 heteroatoms. The van der Waals surface area contributed by atoms with Crippen LogP contribution in [0.3, 0.4) is 0 Å². The van der Waals surface area contributed by atoms with E-state index in [-0.39, 0.29) is 0 Å². The molecule has 0 aliphatic rings. The van der Waals surface area contributed by atoms with Crippen molar-refractivity contribution in [2.24, 2.45) is 0 Å². The summed E-state index contributed by atoms with van der Waals surface area (Å²) in [5.41, 5.74) is 0. The van der Waals surface area contributed by atoms with Crippen molar-refractivity contribution in [3.63, 3.8) is 0 Å². The van der Waals surface area contributed by atoms with Crippen LogP contribution in [0, 0.1) is 10.7 Å². The lowest BCUT2D eigenvalue weighted by molar-refractivity contribution is 0.535. The van der Waals surface area contributed by atoms with E-state index in [4.69, 9.17) is 5.26 Å². The van der Waals surface area contributed by atoms with E-state index in [0.717, 1.165) is 5.75 Å². The maximum absolute atomic E-state index is 8.38. The molecule has 0 aromatic heterocycles. The normalized spacial score (nSPS) is 10.7. The van der Waals surface area contributed by atoms with Crippen molar-refractivity contribution in [3.8, 4) is 5.40 Å². The monoisotopic (exact) mass is 329 g/mol. The molecule has 0 bridgehead atoms. The van der Waals surface area contributed by atoms with Crippen LogP contribution in [0.1, 0.15) is 103 Å². The Hall–Kier alpha value is 0.190. The molecule has 0 aliphatic carbocycles. The molecule has 124 valence electrons. The van der Waals surface area contributed by atoms with E-state index in [1.807, 2.05) is 0 Å². The fourth-order valence-electron chi connectivity index (χ4n) is 2.60. The van der Waals surface area contributed by atoms with Crippen LogP contribution in [-0.2, 0) is 0 Å². The van der Waals surface area contributed by atoms with Gasteiger partial charge in [-0.3, -0.25) is 0 Å². The summed E-state index contributed by atoms with van der Waals surface area (Å²) in [6.07, 6.45) is 21.3. The first kappa shape index (κ1) is 21.2. The van der Waals surface area contributed by atoms with E-state index in [2.05, 4.69) is 12.3 Å². The molecule has 0 saturated carbocycles. The quantitative estimate of drug-likeness (QED) is 0.155. The number of nitriles is 1. The summed E-state index contributed by atoms with van der Waals surface area (Å²) in [4.78, 5) is 0. The first-order valence-corrected chi connectivity index (χ1v) is 11.4. The predicted molar refractivity (Wildman–Crippen MR) is 101 cm³/mol. The second kappa shape index (κ2) is 20.2. The van der Waals surface area contributed by atoms with Crippen molar-refractivity contribution in [1.29, 1.82) is 5.26 Å². The number of hydrogen-bond acceptors (Lipinski definition) is 3. The Morgan fingerprint density at radius 2 is 1.00 bits per heavy atom. The van der Waals surface area contributed by atoms with Crippen molar-refractivity contribution in [3.05, 3.63) is 0 Å². The average Bonchev–Trinajstić information content (AvgIpc) is 2.50. The highest BCUT2D eigenvalue weighted by Gasteiger charge is 1.94. The Morgan fingerprint density at radius 3 is 1.38 bits per heavy atom. The van der Waals surface area contributed by atoms with E-state index >= 15 is 0 Å². The molecule has 0 amide bonds. The molecule has 0 heterocycles. The van der Waals surface area contributed by atoms with Crippen LogP contribution in [0.15, 0.2) is 0 Å². The van der Waals surface area contributed by atoms with Gasteiger partial charge in [0.05, 0.1) is 0 Å². The van der Waals surface area contributed by atoms with Gasteiger partial charge in [-0.15, -0.1) is 0 Å². The Morgan fingerprint density at radius 1 is 0.619 bits per heavy atom. The van der Waals surface area contributed by atoms with Crippen LogP contribution < -0.4 is 0 Å². The minimum absolute atomic E-state index is 1.14. The minimum Gasteiger partial charge on any atom is -0.184 e. The van der Waals surface area contributed by atoms with Crippen molar-refractivity contribution in [2.45, 2.75) is 103 Å². The lowest BCUT2D eigenvalue weighted by atomic mass is 10.0. The van der Waals surface area contributed by atoms with Crippen LogP contribution >= 0.6 is 21.6 Å². The molecule has 1 nitrogen and oxygen atoms in total. The number of nitrogens with zero attached hydrogens (tertiary/aromatic N) is 1. The van der Waals surface area contributed by atoms with Gasteiger partial charge in [0.2, 0.25) is 0 Å². The van der Waals surface area contributed by atoms with E-state index in [1.165, 1.54) is 107 Å². The third-order valence-corrected chi connectivity index (χ3v) is 5.65. The number of thiocyanates is 1. The molecular weight excluding hydrogens is 294 g/mol. The van der Waals surface area contributed by atoms with Gasteiger partial charge in [-0.1, -0.05) is 108 Å². The van der Waals surface area contributed by atoms with Crippen LogP contribution in [0.2, 0.25) is 0 Å². The van der Waals surface area contributed by atoms with E-state index in [9.17, 15) is 0 Å². The third-order valence-electron chi connectivity index (χ3n) is 3.93. The molecule has 0 fully saturated rings. The first-order chi connectivity index (χ1) is 10.4. The van der Waals surface area contributed by atoms with Gasteiger partial charge in [0.15, 0.2) is 0 Å². The Balaban J connectivity index is 2.92. The fraction of sp³-hybridized carbons (Fsp3) is 0.944. The SMILES string of the molecule is CCCCCCCCCCCCCCCCCSSC#N. The molecule has 0 N–H and O–H groups in total. The van der Waals surface area contributed by atoms with Gasteiger partial charge in [-0.25, -0.2) is 0 Å². The average molecular weight is 330 g/mol. The Bertz CT molecular complexity index is 226. The fourth-order valence-corrected chi connectivity index (χ4v) is 3.82. The molecule has 0 spiro atoms. The van der Waals surface area contributed by atoms with Gasteiger partial charge in [0.1, 0.15) is 5.40 Å². The van der Waals surface area contributed by atoms with E-state index in [0.29, 0.717) is 0 Å². The maximum atomic E-state index is 8.38. The summed E-state index contributed by atoms with van der Waals surface area (Å²) >= 11 is 0. The van der Waals surface area contributed by atoms with Crippen LogP contribution in [0.4, 0.5) is 0 Å². The lowest BCUT2D eigenvalue weighted by Crippen LogP contribution is -1.84. The number of rotatable bonds is 17. The van der Waals surface area contributed by atoms with Gasteiger partial charge < -0.3 is 0 Å². The number of hydrogen-bond donors (Lipinski definition) is 0. The molecule has 0 unspecified atom stereocenters. The highest BCUT2D eigenvalue weighted by Crippen LogP contribution is 2.21. The first-order valence-electron chi connectivity index (χ1n) is 9.09. The predicted octanol–water partition coefficient (Wildman–Crippen LogP) is 7.72. The summed E-state index contributed by atoms with van der Waals surface area (Å²) in [5, 5.41) is 10.5. The van der Waals surface area contributed by atoms with E-state index in [1.54, 1.807) is 10.8 Å². The molecular formula is C18H35NS2. The van der Waals surface area contributed by atoms with E-state index < -0.39 is 0 Å². The maximum Gasteiger partial charge on any atom is 0.144 e. The van der Waals surface area contributed by atoms with Crippen LogP contribution in [0.5, 0.6) is 0 Å². The van der Waals surface area contributed by atoms with Crippen molar-refractivity contribution in [1.82, 2.24) is 0 Å². The van der Waals surface area contributed by atoms with Crippen LogP contribution in [-0.4, -0.2) is 5.75 Å². The van der Waals surface area contributed by atoms with Gasteiger partial charge >= 0.3 is 0 Å². The zero-order chi connectivity index (χ0) is 15.4. The summed E-state index contributed by atoms with van der Waals surface area (Å²) in [7, 11) is 3.01. The minimum atomic E-state index is 1.14. The highest BCUT2D eigenvalue weighted by atomic mass is 33.1. The molecule has 0 saturated heterocycles. The molecule has 0 rings (SSSR count). The zero-order valence-electron chi connectivity index (χ0n) is 14.1. The lowest BCUT2D eigenvalue weighted by Gasteiger charge is -2.03. The zero-order valence-corrected chi connectivity index (χ0v) is 15.7. The summed E-state index contributed by atoms with van der Waals surface area (Å²) in [6.45, 7) is 2.28. The summed E-state index contributed by atoms with van der Waals surface area (Å²) in [6, 6.07) is 0. The molecule has 0 aromatic carbocycles. The van der Waals surface area contributed by atoms with Crippen molar-refractivity contribution in [2.75, 3.05) is 5.75 Å². The smallest absolute Gasteiger partial charge is 0.144 e. The topological polar surface area (TPSA) is 23.8 Å². The third kappa shape index (κ3) is 20.2. The standard InChI is InChI=1S/C18H35NS2/c1-2-3-4-5-6-7-8-9-10-11-12-13-14-15-16-17-20-21-18-19/h2-17H2,1H3. The molecule has 0 radical (unpaired) electrons. The molecule has 0 atom stereocenters. The van der Waals surface area contributed by atoms with Gasteiger partial charge in [-0.05, 0) is 6.42 Å². The van der Waals surface area contributed by atoms with Crippen LogP contribution in [0.25, 0.3) is 0 Å². The Labute approximate surface area is 141 Å². The van der Waals surface area contributed by atoms with Crippen molar-refractivity contribution < 1.29 is 0 Å². The molecule has 0 aromatic rings. The largest absolute Gasteiger partial charge is 0.184 e. The second-order valence-electron chi connectivity index (χ2n) is 5.95. The molecule has 0 aliphatic heterocycles. The summed E-state index contributed by atoms with van der Waals surface area (Å²) in [5.74, 6) is 1.14. The summed E-state index contributed by atoms with van der Waals surface area (Å²) < 4.78 is 0. The van der Waals surface area contributed by atoms with Gasteiger partial charge in [-0.2, -0.15) is 5.26 Å². The molecule has 21 heavy (non-hydrogen) atoms. The van der Waals surface area contributed by atoms with Crippen molar-refractivity contribution >= 4 is 21.6 Å².